The van der Waals surface area contributed by atoms with Gasteiger partial charge in [-0.1, -0.05) is 44.2 Å². The zero-order valence-electron chi connectivity index (χ0n) is 36.0. The lowest BCUT2D eigenvalue weighted by molar-refractivity contribution is -0.228. The van der Waals surface area contributed by atoms with Gasteiger partial charge in [-0.05, 0) is 81.2 Å². The lowest BCUT2D eigenvalue weighted by Crippen LogP contribution is -2.81. The Balaban J connectivity index is 1.37. The van der Waals surface area contributed by atoms with Gasteiger partial charge in [0.1, 0.15) is 11.2 Å². The Labute approximate surface area is 352 Å². The Morgan fingerprint density at radius 3 is 2.45 bits per heavy atom. The van der Waals surface area contributed by atoms with E-state index < -0.39 is 57.5 Å². The van der Waals surface area contributed by atoms with Crippen LogP contribution < -0.4 is 9.64 Å². The standard InChI is InChI=1S/C47H60N4O9/c1-8-43(55)24-29-25-46(41(53)59-10-3,37-31(16-20-50(26-29)27-43)30-14-11-12-15-34(30)48-37)33-22-32-35(23-36(33)57-6)49(5)39-45(32)18-21-51-19-13-17-44(9-2,38(45)51)40(60-28(4)52)47(39,56)42(54)58-7/h11-15,17,22-23,29,38-40,48,55-56H,8-10,16,18-21,24-27H2,1-7H3/t29-,38-,39?,40+,43-,44+,45+,46-,47?/m0/s1. The van der Waals surface area contributed by atoms with Crippen molar-refractivity contribution in [3.63, 3.8) is 0 Å². The number of carbonyl (C=O) groups is 3. The quantitative estimate of drug-likeness (QED) is 0.168. The van der Waals surface area contributed by atoms with E-state index in [2.05, 4.69) is 39.1 Å². The van der Waals surface area contributed by atoms with Crippen LogP contribution in [0.3, 0.4) is 0 Å². The summed E-state index contributed by atoms with van der Waals surface area (Å²) < 4.78 is 24.3. The molecule has 322 valence electrons. The van der Waals surface area contributed by atoms with Crippen molar-refractivity contribution in [3.05, 3.63) is 70.9 Å². The highest BCUT2D eigenvalue weighted by molar-refractivity contribution is 5.95. The molecule has 3 fully saturated rings. The summed E-state index contributed by atoms with van der Waals surface area (Å²) in [5.74, 6) is -1.52. The highest BCUT2D eigenvalue weighted by Gasteiger charge is 2.80. The number of hydrogen-bond donors (Lipinski definition) is 3. The first-order valence-corrected chi connectivity index (χ1v) is 21.8. The number of aromatic nitrogens is 1. The number of ether oxygens (including phenoxy) is 4. The van der Waals surface area contributed by atoms with Gasteiger partial charge >= 0.3 is 17.9 Å². The monoisotopic (exact) mass is 824 g/mol. The summed E-state index contributed by atoms with van der Waals surface area (Å²) in [6.07, 6.45) is 5.97. The predicted molar refractivity (Wildman–Crippen MR) is 225 cm³/mol. The van der Waals surface area contributed by atoms with Crippen molar-refractivity contribution in [3.8, 4) is 5.75 Å². The maximum Gasteiger partial charge on any atom is 0.344 e. The molecule has 1 aromatic heterocycles. The molecule has 3 unspecified atom stereocenters. The minimum atomic E-state index is -2.30. The number of esters is 3. The molecule has 1 spiro atoms. The van der Waals surface area contributed by atoms with Crippen LogP contribution in [0.2, 0.25) is 0 Å². The first kappa shape index (κ1) is 40.9. The molecule has 3 aromatic rings. The Bertz CT molecular complexity index is 2270. The van der Waals surface area contributed by atoms with E-state index in [0.717, 1.165) is 33.4 Å². The number of nitrogens with one attached hydrogen (secondary N) is 1. The maximum absolute atomic E-state index is 15.6. The van der Waals surface area contributed by atoms with Crippen molar-refractivity contribution in [2.45, 2.75) is 106 Å². The fraction of sp³-hybridized carbons (Fsp3) is 0.596. The molecule has 0 radical (unpaired) electrons. The molecular weight excluding hydrogens is 765 g/mol. The Kier molecular flexibility index (Phi) is 9.77. The van der Waals surface area contributed by atoms with Gasteiger partial charge in [-0.2, -0.15) is 0 Å². The van der Waals surface area contributed by atoms with Crippen LogP contribution in [0, 0.1) is 11.3 Å². The molecule has 6 aliphatic rings. The third-order valence-corrected chi connectivity index (χ3v) is 15.7. The van der Waals surface area contributed by atoms with E-state index in [1.165, 1.54) is 14.0 Å². The first-order valence-electron chi connectivity index (χ1n) is 21.8. The van der Waals surface area contributed by atoms with Gasteiger partial charge in [0.25, 0.3) is 0 Å². The summed E-state index contributed by atoms with van der Waals surface area (Å²) in [5, 5.41) is 26.4. The van der Waals surface area contributed by atoms with Crippen LogP contribution >= 0.6 is 0 Å². The molecule has 9 rings (SSSR count). The zero-order chi connectivity index (χ0) is 42.6. The topological polar surface area (TPSA) is 154 Å². The summed E-state index contributed by atoms with van der Waals surface area (Å²) in [4.78, 5) is 53.5. The number of carbonyl (C=O) groups excluding carboxylic acids is 3. The number of aliphatic hydroxyl groups is 2. The number of hydrogen-bond acceptors (Lipinski definition) is 12. The van der Waals surface area contributed by atoms with Crippen molar-refractivity contribution in [2.24, 2.45) is 11.3 Å². The van der Waals surface area contributed by atoms with E-state index in [-0.39, 0.29) is 18.6 Å². The highest BCUT2D eigenvalue weighted by atomic mass is 16.6. The van der Waals surface area contributed by atoms with Crippen LogP contribution in [-0.4, -0.2) is 133 Å². The number of piperidine rings is 1. The number of fused-ring (bicyclic) bond motifs is 6. The summed E-state index contributed by atoms with van der Waals surface area (Å²) in [7, 11) is 4.74. The van der Waals surface area contributed by atoms with Crippen LogP contribution in [0.25, 0.3) is 10.9 Å². The molecule has 13 nitrogen and oxygen atoms in total. The van der Waals surface area contributed by atoms with Crippen molar-refractivity contribution < 1.29 is 43.5 Å². The average Bonchev–Trinajstić information content (AvgIpc) is 3.90. The fourth-order valence-electron chi connectivity index (χ4n) is 13.6. The number of benzene rings is 2. The molecule has 60 heavy (non-hydrogen) atoms. The number of rotatable bonds is 8. The predicted octanol–water partition coefficient (Wildman–Crippen LogP) is 4.38. The fourth-order valence-corrected chi connectivity index (χ4v) is 13.6. The molecule has 3 N–H and O–H groups in total. The van der Waals surface area contributed by atoms with Crippen LogP contribution in [0.4, 0.5) is 5.69 Å². The number of H-pyrrole nitrogens is 1. The highest BCUT2D eigenvalue weighted by Crippen LogP contribution is 2.68. The van der Waals surface area contributed by atoms with Crippen molar-refractivity contribution in [2.75, 3.05) is 65.5 Å². The third-order valence-electron chi connectivity index (χ3n) is 15.7. The molecule has 1 aliphatic carbocycles. The normalized spacial score (nSPS) is 36.5. The molecule has 2 aromatic carbocycles. The summed E-state index contributed by atoms with van der Waals surface area (Å²) in [6, 6.07) is 11.0. The molecule has 1 saturated carbocycles. The van der Waals surface area contributed by atoms with Crippen molar-refractivity contribution >= 4 is 34.5 Å². The molecular formula is C47H60N4O9. The Morgan fingerprint density at radius 2 is 1.75 bits per heavy atom. The average molecular weight is 825 g/mol. The lowest BCUT2D eigenvalue weighted by Gasteiger charge is -2.63. The molecule has 2 bridgehead atoms. The summed E-state index contributed by atoms with van der Waals surface area (Å²) in [6.45, 7) is 10.6. The summed E-state index contributed by atoms with van der Waals surface area (Å²) >= 11 is 0. The Hall–Kier alpha value is -4.43. The van der Waals surface area contributed by atoms with Gasteiger partial charge in [0, 0.05) is 90.9 Å². The van der Waals surface area contributed by atoms with Gasteiger partial charge in [0.15, 0.2) is 6.10 Å². The van der Waals surface area contributed by atoms with E-state index >= 15 is 4.79 Å². The van der Waals surface area contributed by atoms with Crippen LogP contribution in [0.1, 0.15) is 82.2 Å². The molecule has 5 aliphatic heterocycles. The molecule has 2 saturated heterocycles. The lowest BCUT2D eigenvalue weighted by atomic mass is 9.47. The van der Waals surface area contributed by atoms with Gasteiger partial charge < -0.3 is 39.0 Å². The van der Waals surface area contributed by atoms with Crippen LogP contribution in [-0.2, 0) is 45.8 Å². The van der Waals surface area contributed by atoms with E-state index in [9.17, 15) is 19.8 Å². The summed E-state index contributed by atoms with van der Waals surface area (Å²) in [5.41, 5.74) is -1.59. The van der Waals surface area contributed by atoms with Gasteiger partial charge in [-0.15, -0.1) is 0 Å². The van der Waals surface area contributed by atoms with E-state index in [1.807, 2.05) is 57.0 Å². The third kappa shape index (κ3) is 5.34. The van der Waals surface area contributed by atoms with Crippen LogP contribution in [0.15, 0.2) is 48.6 Å². The number of nitrogens with zero attached hydrogens (tertiary/aromatic N) is 3. The second kappa shape index (κ2) is 14.3. The van der Waals surface area contributed by atoms with Crippen LogP contribution in [0.5, 0.6) is 5.75 Å². The second-order valence-corrected chi connectivity index (χ2v) is 18.4. The zero-order valence-corrected chi connectivity index (χ0v) is 36.0. The van der Waals surface area contributed by atoms with Crippen molar-refractivity contribution in [1.29, 1.82) is 0 Å². The molecule has 0 amide bonds. The van der Waals surface area contributed by atoms with Crippen molar-refractivity contribution in [1.82, 2.24) is 14.8 Å². The SMILES string of the molecule is CCOC(=O)[C@]1(c2cc3c(cc2OC)N(C)C2C(O)(C(=O)OC)[C@H](OC(C)=O)[C@]4(CC)C=CCN5CC[C@]32[C@@H]54)C[C@H]2CN(CCc3c1[nH]c1ccccc31)C[C@](O)(CC)C2. The first-order chi connectivity index (χ1) is 28.7. The maximum atomic E-state index is 15.6. The van der Waals surface area contributed by atoms with Gasteiger partial charge in [-0.3, -0.25) is 19.4 Å². The van der Waals surface area contributed by atoms with Gasteiger partial charge in [0.05, 0.1) is 32.5 Å². The number of likely N-dealkylation sites (N-methyl/N-ethyl adjacent to an activating group) is 1. The smallest absolute Gasteiger partial charge is 0.344 e. The Morgan fingerprint density at radius 1 is 0.967 bits per heavy atom. The minimum Gasteiger partial charge on any atom is -0.496 e. The molecule has 6 heterocycles. The molecule has 13 heteroatoms. The number of aromatic amines is 1. The number of para-hydroxylation sites is 1. The molecule has 10 atom stereocenters. The minimum absolute atomic E-state index is 0.0983. The van der Waals surface area contributed by atoms with Gasteiger partial charge in [-0.25, -0.2) is 4.79 Å². The number of anilines is 1. The van der Waals surface area contributed by atoms with E-state index in [1.54, 1.807) is 7.11 Å². The van der Waals surface area contributed by atoms with Gasteiger partial charge in [0.2, 0.25) is 5.60 Å². The van der Waals surface area contributed by atoms with E-state index in [4.69, 9.17) is 18.9 Å². The second-order valence-electron chi connectivity index (χ2n) is 18.4. The largest absolute Gasteiger partial charge is 0.496 e. The number of methoxy groups -OCH3 is 2. The van der Waals surface area contributed by atoms with E-state index in [0.29, 0.717) is 82.6 Å².